The van der Waals surface area contributed by atoms with Crippen LogP contribution in [0.1, 0.15) is 24.5 Å². The van der Waals surface area contributed by atoms with E-state index in [1.165, 1.54) is 0 Å². The smallest absolute Gasteiger partial charge is 0.214 e. The van der Waals surface area contributed by atoms with Crippen molar-refractivity contribution in [3.63, 3.8) is 0 Å². The van der Waals surface area contributed by atoms with Crippen LogP contribution < -0.4 is 0 Å². The molecular weight excluding hydrogens is 270 g/mol. The van der Waals surface area contributed by atoms with Crippen LogP contribution in [0.15, 0.2) is 24.5 Å². The summed E-state index contributed by atoms with van der Waals surface area (Å²) in [5, 5.41) is 14.9. The molecule has 0 saturated carbocycles. The zero-order valence-electron chi connectivity index (χ0n) is 11.2. The monoisotopic (exact) mass is 283 g/mol. The van der Waals surface area contributed by atoms with Crippen LogP contribution in [0.4, 0.5) is 0 Å². The second-order valence-corrected chi connectivity index (χ2v) is 5.99. The van der Waals surface area contributed by atoms with E-state index < -0.39 is 0 Å². The quantitative estimate of drug-likeness (QED) is 0.741. The first-order chi connectivity index (χ1) is 9.69. The molecule has 0 saturated heterocycles. The third-order valence-electron chi connectivity index (χ3n) is 2.89. The lowest BCUT2D eigenvalue weighted by Gasteiger charge is -1.98. The maximum Gasteiger partial charge on any atom is 0.214 e. The van der Waals surface area contributed by atoms with Gasteiger partial charge in [0.25, 0.3) is 0 Å². The van der Waals surface area contributed by atoms with Gasteiger partial charge < -0.3 is 0 Å². The number of pyridine rings is 1. The fourth-order valence-corrected chi connectivity index (χ4v) is 3.14. The van der Waals surface area contributed by atoms with Gasteiger partial charge in [0.05, 0.1) is 0 Å². The van der Waals surface area contributed by atoms with Gasteiger partial charge in [-0.05, 0) is 18.1 Å². The minimum absolute atomic E-state index is 0.484. The maximum atomic E-state index is 9.40. The predicted molar refractivity (Wildman–Crippen MR) is 77.4 cm³/mol. The molecule has 0 bridgehead atoms. The summed E-state index contributed by atoms with van der Waals surface area (Å²) in [6.07, 6.45) is 4.30. The first-order valence-corrected chi connectivity index (χ1v) is 7.19. The van der Waals surface area contributed by atoms with Crippen molar-refractivity contribution in [1.29, 1.82) is 5.26 Å². The highest BCUT2D eigenvalue weighted by molar-refractivity contribution is 7.16. The molecule has 5 nitrogen and oxygen atoms in total. The molecule has 0 aliphatic heterocycles. The molecule has 3 aromatic heterocycles. The van der Waals surface area contributed by atoms with Crippen LogP contribution >= 0.6 is 11.3 Å². The summed E-state index contributed by atoms with van der Waals surface area (Å²) in [5.74, 6) is 0.538. The minimum atomic E-state index is 0.484. The number of fused-ring (bicyclic) bond motifs is 1. The number of rotatable bonds is 3. The molecule has 0 amide bonds. The van der Waals surface area contributed by atoms with Crippen molar-refractivity contribution in [2.45, 2.75) is 20.3 Å². The Morgan fingerprint density at radius 1 is 1.35 bits per heavy atom. The Balaban J connectivity index is 2.12. The molecule has 0 N–H and O–H groups in total. The van der Waals surface area contributed by atoms with E-state index >= 15 is 0 Å². The second-order valence-electron chi connectivity index (χ2n) is 4.94. The van der Waals surface area contributed by atoms with Crippen LogP contribution in [0.5, 0.6) is 0 Å². The Hall–Kier alpha value is -2.26. The lowest BCUT2D eigenvalue weighted by atomic mass is 10.1. The van der Waals surface area contributed by atoms with E-state index in [2.05, 4.69) is 35.0 Å². The summed E-state index contributed by atoms with van der Waals surface area (Å²) >= 11 is 1.54. The van der Waals surface area contributed by atoms with Gasteiger partial charge in [-0.1, -0.05) is 25.2 Å². The van der Waals surface area contributed by atoms with E-state index in [4.69, 9.17) is 0 Å². The Bertz CT molecular complexity index is 779. The lowest BCUT2D eigenvalue weighted by molar-refractivity contribution is 0.636. The fraction of sp³-hybridized carbons (Fsp3) is 0.286. The first-order valence-electron chi connectivity index (χ1n) is 6.38. The van der Waals surface area contributed by atoms with Gasteiger partial charge in [-0.25, -0.2) is 4.98 Å². The lowest BCUT2D eigenvalue weighted by Crippen LogP contribution is -1.96. The summed E-state index contributed by atoms with van der Waals surface area (Å²) in [5.41, 5.74) is 2.04. The topological polar surface area (TPSA) is 66.9 Å². The van der Waals surface area contributed by atoms with Crippen LogP contribution in [0.3, 0.4) is 0 Å². The summed E-state index contributed by atoms with van der Waals surface area (Å²) in [7, 11) is 0. The van der Waals surface area contributed by atoms with Crippen LogP contribution in [-0.4, -0.2) is 19.6 Å². The molecule has 0 radical (unpaired) electrons. The minimum Gasteiger partial charge on any atom is -0.265 e. The van der Waals surface area contributed by atoms with E-state index in [1.54, 1.807) is 28.2 Å². The number of imidazole rings is 1. The van der Waals surface area contributed by atoms with Crippen molar-refractivity contribution in [3.8, 4) is 17.3 Å². The standard InChI is InChI=1S/C14H13N5S/c1-9(2)7-12-18-19-11(8-15)13(17-14(19)20-12)10-3-5-16-6-4-10/h3-6,9H,7H2,1-2H3. The van der Waals surface area contributed by atoms with E-state index in [0.29, 0.717) is 17.3 Å². The summed E-state index contributed by atoms with van der Waals surface area (Å²) < 4.78 is 1.65. The van der Waals surface area contributed by atoms with Gasteiger partial charge in [-0.2, -0.15) is 14.9 Å². The van der Waals surface area contributed by atoms with Crippen LogP contribution in [0.2, 0.25) is 0 Å². The van der Waals surface area contributed by atoms with Gasteiger partial charge >= 0.3 is 0 Å². The van der Waals surface area contributed by atoms with Gasteiger partial charge in [-0.15, -0.1) is 0 Å². The van der Waals surface area contributed by atoms with Gasteiger partial charge in [0.2, 0.25) is 4.96 Å². The first kappa shape index (κ1) is 12.8. The van der Waals surface area contributed by atoms with Crippen LogP contribution in [0.25, 0.3) is 16.2 Å². The van der Waals surface area contributed by atoms with E-state index in [0.717, 1.165) is 22.0 Å². The highest BCUT2D eigenvalue weighted by Gasteiger charge is 2.17. The summed E-state index contributed by atoms with van der Waals surface area (Å²) in [4.78, 5) is 9.30. The normalized spacial score (nSPS) is 11.1. The Morgan fingerprint density at radius 2 is 2.10 bits per heavy atom. The van der Waals surface area contributed by atoms with Gasteiger partial charge in [0.15, 0.2) is 5.69 Å². The fourth-order valence-electron chi connectivity index (χ4n) is 2.03. The molecule has 0 aliphatic rings. The molecule has 0 atom stereocenters. The number of hydrogen-bond acceptors (Lipinski definition) is 5. The van der Waals surface area contributed by atoms with E-state index in [-0.39, 0.29) is 0 Å². The average Bonchev–Trinajstić information content (AvgIpc) is 2.95. The molecule has 20 heavy (non-hydrogen) atoms. The number of nitriles is 1. The van der Waals surface area contributed by atoms with E-state index in [9.17, 15) is 5.26 Å². The van der Waals surface area contributed by atoms with Crippen molar-refractivity contribution in [1.82, 2.24) is 19.6 Å². The zero-order chi connectivity index (χ0) is 14.1. The summed E-state index contributed by atoms with van der Waals surface area (Å²) in [6, 6.07) is 5.91. The van der Waals surface area contributed by atoms with Gasteiger partial charge in [-0.3, -0.25) is 4.98 Å². The van der Waals surface area contributed by atoms with Crippen LogP contribution in [-0.2, 0) is 6.42 Å². The average molecular weight is 283 g/mol. The largest absolute Gasteiger partial charge is 0.265 e. The molecule has 0 fully saturated rings. The van der Waals surface area contributed by atoms with Crippen molar-refractivity contribution < 1.29 is 0 Å². The highest BCUT2D eigenvalue weighted by Crippen LogP contribution is 2.26. The third kappa shape index (κ3) is 2.17. The number of nitrogens with zero attached hydrogens (tertiary/aromatic N) is 5. The predicted octanol–water partition coefficient (Wildman–Crippen LogP) is 2.92. The molecule has 0 aromatic carbocycles. The van der Waals surface area contributed by atoms with Crippen molar-refractivity contribution >= 4 is 16.3 Å². The van der Waals surface area contributed by atoms with Crippen LogP contribution in [0, 0.1) is 17.2 Å². The Kier molecular flexibility index (Phi) is 3.20. The van der Waals surface area contributed by atoms with Crippen molar-refractivity contribution in [2.24, 2.45) is 5.92 Å². The highest BCUT2D eigenvalue weighted by atomic mass is 32.1. The molecular formula is C14H13N5S. The number of hydrogen-bond donors (Lipinski definition) is 0. The molecule has 3 rings (SSSR count). The van der Waals surface area contributed by atoms with Gasteiger partial charge in [0, 0.05) is 24.4 Å². The van der Waals surface area contributed by atoms with Gasteiger partial charge in [0.1, 0.15) is 16.8 Å². The van der Waals surface area contributed by atoms with E-state index in [1.807, 2.05) is 12.1 Å². The Morgan fingerprint density at radius 3 is 2.75 bits per heavy atom. The second kappa shape index (κ2) is 5.02. The number of aromatic nitrogens is 4. The summed E-state index contributed by atoms with van der Waals surface area (Å²) in [6.45, 7) is 4.30. The molecule has 0 spiro atoms. The molecule has 0 unspecified atom stereocenters. The molecule has 3 heterocycles. The SMILES string of the molecule is CC(C)Cc1nn2c(C#N)c(-c3ccncc3)nc2s1. The Labute approximate surface area is 120 Å². The third-order valence-corrected chi connectivity index (χ3v) is 3.82. The molecule has 6 heteroatoms. The van der Waals surface area contributed by atoms with Crippen molar-refractivity contribution in [3.05, 3.63) is 35.2 Å². The maximum absolute atomic E-state index is 9.40. The zero-order valence-corrected chi connectivity index (χ0v) is 12.1. The van der Waals surface area contributed by atoms with Crippen molar-refractivity contribution in [2.75, 3.05) is 0 Å². The molecule has 3 aromatic rings. The molecule has 0 aliphatic carbocycles. The molecule has 100 valence electrons.